The SMILES string of the molecule is COC(=O)C(Cc1ccc(OCc2ccccc2)cc1)c1ccc[nH]1. The molecule has 2 aromatic carbocycles. The molecule has 0 aliphatic heterocycles. The predicted molar refractivity (Wildman–Crippen MR) is 96.5 cm³/mol. The second-order valence-electron chi connectivity index (χ2n) is 5.82. The quantitative estimate of drug-likeness (QED) is 0.662. The lowest BCUT2D eigenvalue weighted by molar-refractivity contribution is -0.142. The highest BCUT2D eigenvalue weighted by Gasteiger charge is 2.22. The Kier molecular flexibility index (Phi) is 5.52. The number of aromatic nitrogens is 1. The first-order chi connectivity index (χ1) is 12.3. The number of methoxy groups -OCH3 is 1. The van der Waals surface area contributed by atoms with Gasteiger partial charge in [-0.1, -0.05) is 42.5 Å². The van der Waals surface area contributed by atoms with E-state index in [9.17, 15) is 4.79 Å². The maximum Gasteiger partial charge on any atom is 0.315 e. The van der Waals surface area contributed by atoms with E-state index in [0.717, 1.165) is 22.6 Å². The van der Waals surface area contributed by atoms with Gasteiger partial charge in [-0.2, -0.15) is 0 Å². The van der Waals surface area contributed by atoms with Crippen LogP contribution in [0.15, 0.2) is 72.9 Å². The fourth-order valence-electron chi connectivity index (χ4n) is 2.72. The summed E-state index contributed by atoms with van der Waals surface area (Å²) >= 11 is 0. The Balaban J connectivity index is 1.64. The molecule has 0 spiro atoms. The van der Waals surface area contributed by atoms with E-state index in [2.05, 4.69) is 4.98 Å². The largest absolute Gasteiger partial charge is 0.489 e. The maximum atomic E-state index is 12.1. The van der Waals surface area contributed by atoms with Crippen LogP contribution in [-0.4, -0.2) is 18.1 Å². The number of aromatic amines is 1. The predicted octanol–water partition coefficient (Wildman–Crippen LogP) is 4.09. The molecular formula is C21H21NO3. The molecule has 0 aliphatic rings. The number of benzene rings is 2. The van der Waals surface area contributed by atoms with Crippen LogP contribution in [0.5, 0.6) is 5.75 Å². The highest BCUT2D eigenvalue weighted by molar-refractivity contribution is 5.77. The standard InChI is InChI=1S/C21H21NO3/c1-24-21(23)19(20-8-5-13-22-20)14-16-9-11-18(12-10-16)25-15-17-6-3-2-4-7-17/h2-13,19,22H,14-15H2,1H3. The first-order valence-electron chi connectivity index (χ1n) is 8.23. The van der Waals surface area contributed by atoms with Crippen LogP contribution in [0.3, 0.4) is 0 Å². The van der Waals surface area contributed by atoms with Gasteiger partial charge in [0.15, 0.2) is 0 Å². The molecule has 0 aliphatic carbocycles. The van der Waals surface area contributed by atoms with Gasteiger partial charge in [0.1, 0.15) is 18.3 Å². The lowest BCUT2D eigenvalue weighted by Gasteiger charge is -2.14. The molecule has 1 atom stereocenters. The van der Waals surface area contributed by atoms with Gasteiger partial charge in [0.2, 0.25) is 0 Å². The van der Waals surface area contributed by atoms with Gasteiger partial charge in [-0.3, -0.25) is 4.79 Å². The lowest BCUT2D eigenvalue weighted by Crippen LogP contribution is -2.17. The van der Waals surface area contributed by atoms with Gasteiger partial charge in [-0.25, -0.2) is 0 Å². The van der Waals surface area contributed by atoms with E-state index in [1.807, 2.05) is 72.9 Å². The fourth-order valence-corrected chi connectivity index (χ4v) is 2.72. The molecule has 0 saturated heterocycles. The summed E-state index contributed by atoms with van der Waals surface area (Å²) in [5.74, 6) is 0.227. The number of hydrogen-bond acceptors (Lipinski definition) is 3. The number of ether oxygens (including phenoxy) is 2. The minimum atomic E-state index is -0.337. The van der Waals surface area contributed by atoms with E-state index in [4.69, 9.17) is 9.47 Å². The smallest absolute Gasteiger partial charge is 0.315 e. The van der Waals surface area contributed by atoms with Gasteiger partial charge in [0.05, 0.1) is 7.11 Å². The van der Waals surface area contributed by atoms with Crippen LogP contribution in [0, 0.1) is 0 Å². The van der Waals surface area contributed by atoms with Crippen molar-refractivity contribution in [3.8, 4) is 5.75 Å². The van der Waals surface area contributed by atoms with E-state index < -0.39 is 0 Å². The van der Waals surface area contributed by atoms with Crippen molar-refractivity contribution < 1.29 is 14.3 Å². The van der Waals surface area contributed by atoms with Crippen molar-refractivity contribution in [2.24, 2.45) is 0 Å². The average Bonchev–Trinajstić information content (AvgIpc) is 3.20. The van der Waals surface area contributed by atoms with Crippen LogP contribution in [0.25, 0.3) is 0 Å². The van der Waals surface area contributed by atoms with Gasteiger partial charge in [-0.15, -0.1) is 0 Å². The first-order valence-corrected chi connectivity index (χ1v) is 8.23. The van der Waals surface area contributed by atoms with Crippen molar-refractivity contribution in [3.05, 3.63) is 89.7 Å². The summed E-state index contributed by atoms with van der Waals surface area (Å²) in [6.07, 6.45) is 2.39. The fraction of sp³-hybridized carbons (Fsp3) is 0.190. The van der Waals surface area contributed by atoms with E-state index in [-0.39, 0.29) is 11.9 Å². The summed E-state index contributed by atoms with van der Waals surface area (Å²) < 4.78 is 10.7. The third-order valence-corrected chi connectivity index (χ3v) is 4.09. The monoisotopic (exact) mass is 335 g/mol. The Morgan fingerprint density at radius 2 is 1.72 bits per heavy atom. The molecule has 4 heteroatoms. The summed E-state index contributed by atoms with van der Waals surface area (Å²) in [6.45, 7) is 0.535. The Bertz CT molecular complexity index is 780. The lowest BCUT2D eigenvalue weighted by atomic mass is 9.96. The minimum absolute atomic E-state index is 0.244. The number of carbonyl (C=O) groups is 1. The van der Waals surface area contributed by atoms with Crippen molar-refractivity contribution >= 4 is 5.97 Å². The van der Waals surface area contributed by atoms with E-state index in [1.54, 1.807) is 0 Å². The number of hydrogen-bond donors (Lipinski definition) is 1. The maximum absolute atomic E-state index is 12.1. The molecule has 3 rings (SSSR count). The average molecular weight is 335 g/mol. The van der Waals surface area contributed by atoms with E-state index in [0.29, 0.717) is 13.0 Å². The molecule has 0 fully saturated rings. The number of carbonyl (C=O) groups excluding carboxylic acids is 1. The topological polar surface area (TPSA) is 51.3 Å². The molecule has 0 saturated carbocycles. The summed E-state index contributed by atoms with van der Waals surface area (Å²) in [5, 5.41) is 0. The first kappa shape index (κ1) is 16.8. The molecule has 1 heterocycles. The third kappa shape index (κ3) is 4.51. The Labute approximate surface area is 147 Å². The third-order valence-electron chi connectivity index (χ3n) is 4.09. The van der Waals surface area contributed by atoms with Crippen LogP contribution in [0.2, 0.25) is 0 Å². The molecule has 3 aromatic rings. The number of H-pyrrole nitrogens is 1. The van der Waals surface area contributed by atoms with Crippen molar-refractivity contribution in [1.29, 1.82) is 0 Å². The van der Waals surface area contributed by atoms with Crippen LogP contribution < -0.4 is 4.74 Å². The molecule has 1 aromatic heterocycles. The zero-order valence-corrected chi connectivity index (χ0v) is 14.1. The Morgan fingerprint density at radius 3 is 2.36 bits per heavy atom. The molecule has 4 nitrogen and oxygen atoms in total. The van der Waals surface area contributed by atoms with Gasteiger partial charge in [0, 0.05) is 11.9 Å². The molecular weight excluding hydrogens is 314 g/mol. The molecule has 25 heavy (non-hydrogen) atoms. The van der Waals surface area contributed by atoms with Crippen molar-refractivity contribution in [2.75, 3.05) is 7.11 Å². The molecule has 1 N–H and O–H groups in total. The number of nitrogens with one attached hydrogen (secondary N) is 1. The minimum Gasteiger partial charge on any atom is -0.489 e. The van der Waals surface area contributed by atoms with Gasteiger partial charge in [0.25, 0.3) is 0 Å². The second-order valence-corrected chi connectivity index (χ2v) is 5.82. The highest BCUT2D eigenvalue weighted by atomic mass is 16.5. The molecule has 0 bridgehead atoms. The second kappa shape index (κ2) is 8.20. The summed E-state index contributed by atoms with van der Waals surface area (Å²) in [6, 6.07) is 21.7. The summed E-state index contributed by atoms with van der Waals surface area (Å²) in [4.78, 5) is 15.2. The molecule has 128 valence electrons. The summed E-state index contributed by atoms with van der Waals surface area (Å²) in [5.41, 5.74) is 3.04. The van der Waals surface area contributed by atoms with E-state index >= 15 is 0 Å². The van der Waals surface area contributed by atoms with Crippen LogP contribution in [0.4, 0.5) is 0 Å². The van der Waals surface area contributed by atoms with Gasteiger partial charge in [-0.05, 0) is 41.8 Å². The zero-order valence-electron chi connectivity index (χ0n) is 14.1. The van der Waals surface area contributed by atoms with Gasteiger partial charge >= 0.3 is 5.97 Å². The van der Waals surface area contributed by atoms with E-state index in [1.165, 1.54) is 7.11 Å². The van der Waals surface area contributed by atoms with Crippen LogP contribution >= 0.6 is 0 Å². The summed E-state index contributed by atoms with van der Waals surface area (Å²) in [7, 11) is 1.42. The van der Waals surface area contributed by atoms with Crippen molar-refractivity contribution in [1.82, 2.24) is 4.98 Å². The van der Waals surface area contributed by atoms with Gasteiger partial charge < -0.3 is 14.5 Å². The normalized spacial score (nSPS) is 11.7. The Hall–Kier alpha value is -3.01. The number of rotatable bonds is 7. The molecule has 0 amide bonds. The number of esters is 1. The zero-order chi connectivity index (χ0) is 17.5. The van der Waals surface area contributed by atoms with Crippen molar-refractivity contribution in [2.45, 2.75) is 18.9 Å². The van der Waals surface area contributed by atoms with Crippen LogP contribution in [-0.2, 0) is 22.6 Å². The molecule has 0 radical (unpaired) electrons. The van der Waals surface area contributed by atoms with Crippen molar-refractivity contribution in [3.63, 3.8) is 0 Å². The molecule has 1 unspecified atom stereocenters. The van der Waals surface area contributed by atoms with Crippen LogP contribution in [0.1, 0.15) is 22.7 Å². The Morgan fingerprint density at radius 1 is 0.960 bits per heavy atom. The highest BCUT2D eigenvalue weighted by Crippen LogP contribution is 2.23.